The Morgan fingerprint density at radius 3 is 2.20 bits per heavy atom. The number of nitrogens with zero attached hydrogens (tertiary/aromatic N) is 1. The quantitative estimate of drug-likeness (QED) is 0.350. The highest BCUT2D eigenvalue weighted by Crippen LogP contribution is 2.55. The summed E-state index contributed by atoms with van der Waals surface area (Å²) in [6.07, 6.45) is 9.07. The minimum atomic E-state index is -0.675. The van der Waals surface area contributed by atoms with Crippen molar-refractivity contribution in [2.45, 2.75) is 76.0 Å². The van der Waals surface area contributed by atoms with Crippen LogP contribution in [0.15, 0.2) is 54.6 Å². The van der Waals surface area contributed by atoms with E-state index in [0.717, 1.165) is 46.4 Å². The Balaban J connectivity index is 0.960. The summed E-state index contributed by atoms with van der Waals surface area (Å²) < 4.78 is 0. The fourth-order valence-electron chi connectivity index (χ4n) is 8.99. The van der Waals surface area contributed by atoms with E-state index in [2.05, 4.69) is 40.2 Å². The molecule has 7 heteroatoms. The first kappa shape index (κ1) is 25.0. The molecule has 0 spiro atoms. The number of rotatable bonds is 7. The number of nitrogens with one attached hydrogen (secondary N) is 3. The predicted molar refractivity (Wildman–Crippen MR) is 158 cm³/mol. The molecule has 41 heavy (non-hydrogen) atoms. The number of hydrogen-bond donors (Lipinski definition) is 3. The van der Waals surface area contributed by atoms with Crippen LogP contribution in [0.2, 0.25) is 0 Å². The number of carbonyl (C=O) groups is 3. The number of benzene rings is 3. The van der Waals surface area contributed by atoms with Crippen molar-refractivity contribution in [3.05, 3.63) is 71.3 Å². The van der Waals surface area contributed by atoms with Crippen LogP contribution in [-0.4, -0.2) is 29.3 Å². The molecule has 3 aromatic rings. The zero-order valence-electron chi connectivity index (χ0n) is 23.2. The maximum absolute atomic E-state index is 13.4. The first-order valence-electron chi connectivity index (χ1n) is 15.2. The van der Waals surface area contributed by atoms with E-state index in [1.165, 1.54) is 49.7 Å². The summed E-state index contributed by atoms with van der Waals surface area (Å²) in [4.78, 5) is 39.2. The van der Waals surface area contributed by atoms with E-state index in [4.69, 9.17) is 0 Å². The Labute approximate surface area is 240 Å². The molecular weight excluding hydrogens is 512 g/mol. The fourth-order valence-corrected chi connectivity index (χ4v) is 8.99. The molecule has 3 N–H and O–H groups in total. The van der Waals surface area contributed by atoms with Crippen molar-refractivity contribution in [2.75, 3.05) is 10.2 Å². The summed E-state index contributed by atoms with van der Waals surface area (Å²) in [6, 6.07) is 17.9. The summed E-state index contributed by atoms with van der Waals surface area (Å²) in [5.74, 6) is 1.97. The SMILES string of the molecule is O=C1CCC(N2C(=O)c3cccc4c(NCc5ccc(CNC67CC8CC(CC(C8)C6)C7)cc5)ccc2c34)C(=O)N1. The molecule has 2 aliphatic heterocycles. The van der Waals surface area contributed by atoms with Crippen LogP contribution in [0, 0.1) is 17.8 Å². The first-order chi connectivity index (χ1) is 19.9. The Bertz CT molecular complexity index is 1540. The maximum atomic E-state index is 13.4. The minimum Gasteiger partial charge on any atom is -0.380 e. The number of imide groups is 1. The normalized spacial score (nSPS) is 29.9. The van der Waals surface area contributed by atoms with Gasteiger partial charge in [-0.05, 0) is 92.0 Å². The van der Waals surface area contributed by atoms with Gasteiger partial charge in [0.25, 0.3) is 5.91 Å². The van der Waals surface area contributed by atoms with Crippen molar-refractivity contribution >= 4 is 39.9 Å². The lowest BCUT2D eigenvalue weighted by Gasteiger charge is -2.57. The van der Waals surface area contributed by atoms with E-state index in [9.17, 15) is 14.4 Å². The van der Waals surface area contributed by atoms with Crippen LogP contribution in [0.1, 0.15) is 72.9 Å². The highest BCUT2D eigenvalue weighted by Gasteiger charge is 2.50. The largest absolute Gasteiger partial charge is 0.380 e. The third kappa shape index (κ3) is 4.24. The molecule has 7 nitrogen and oxygen atoms in total. The number of hydrogen-bond acceptors (Lipinski definition) is 5. The molecule has 1 unspecified atom stereocenters. The van der Waals surface area contributed by atoms with Crippen LogP contribution >= 0.6 is 0 Å². The Kier molecular flexibility index (Phi) is 5.75. The van der Waals surface area contributed by atoms with Gasteiger partial charge >= 0.3 is 0 Å². The third-order valence-electron chi connectivity index (χ3n) is 10.5. The van der Waals surface area contributed by atoms with E-state index < -0.39 is 11.9 Å². The van der Waals surface area contributed by atoms with Gasteiger partial charge in [-0.25, -0.2) is 0 Å². The maximum Gasteiger partial charge on any atom is 0.259 e. The molecule has 210 valence electrons. The van der Waals surface area contributed by atoms with E-state index in [1.807, 2.05) is 30.3 Å². The predicted octanol–water partition coefficient (Wildman–Crippen LogP) is 5.28. The molecule has 0 aromatic heterocycles. The standard InChI is InChI=1S/C34H36N4O3/c39-30-11-10-29(32(40)37-30)38-28-9-8-27(25-2-1-3-26(31(25)28)33(38)41)35-18-20-4-6-21(7-5-20)19-36-34-15-22-12-23(16-34)14-24(13-22)17-34/h1-9,22-24,29,35-36H,10-19H2,(H,37,39,40). The molecule has 0 radical (unpaired) electrons. The molecular formula is C34H36N4O3. The summed E-state index contributed by atoms with van der Waals surface area (Å²) in [7, 11) is 0. The Hall–Kier alpha value is -3.71. The Morgan fingerprint density at radius 1 is 0.829 bits per heavy atom. The second kappa shape index (κ2) is 9.41. The monoisotopic (exact) mass is 548 g/mol. The summed E-state index contributed by atoms with van der Waals surface area (Å²) in [6.45, 7) is 1.61. The molecule has 4 aliphatic carbocycles. The molecule has 1 saturated heterocycles. The van der Waals surface area contributed by atoms with Gasteiger partial charge < -0.3 is 10.6 Å². The molecule has 9 rings (SSSR count). The van der Waals surface area contributed by atoms with E-state index in [-0.39, 0.29) is 18.2 Å². The fraction of sp³-hybridized carbons (Fsp3) is 0.441. The van der Waals surface area contributed by atoms with Gasteiger partial charge in [-0.1, -0.05) is 36.4 Å². The van der Waals surface area contributed by atoms with Gasteiger partial charge in [0.2, 0.25) is 11.8 Å². The van der Waals surface area contributed by atoms with Crippen LogP contribution in [0.5, 0.6) is 0 Å². The van der Waals surface area contributed by atoms with E-state index >= 15 is 0 Å². The molecule has 4 saturated carbocycles. The van der Waals surface area contributed by atoms with Gasteiger partial charge in [0.1, 0.15) is 6.04 Å². The van der Waals surface area contributed by atoms with Gasteiger partial charge in [-0.3, -0.25) is 24.6 Å². The van der Waals surface area contributed by atoms with Crippen LogP contribution in [0.4, 0.5) is 11.4 Å². The zero-order valence-corrected chi connectivity index (χ0v) is 23.2. The van der Waals surface area contributed by atoms with Crippen LogP contribution in [0.25, 0.3) is 10.8 Å². The molecule has 3 amide bonds. The second-order valence-electron chi connectivity index (χ2n) is 13.2. The number of piperidine rings is 1. The highest BCUT2D eigenvalue weighted by atomic mass is 16.2. The molecule has 4 bridgehead atoms. The number of amides is 3. The van der Waals surface area contributed by atoms with Crippen molar-refractivity contribution in [3.63, 3.8) is 0 Å². The van der Waals surface area contributed by atoms with E-state index in [1.54, 1.807) is 4.90 Å². The van der Waals surface area contributed by atoms with Crippen LogP contribution < -0.4 is 20.9 Å². The van der Waals surface area contributed by atoms with Crippen LogP contribution in [-0.2, 0) is 22.7 Å². The van der Waals surface area contributed by atoms with Gasteiger partial charge in [0.05, 0.1) is 5.69 Å². The van der Waals surface area contributed by atoms with Crippen molar-refractivity contribution in [1.82, 2.24) is 10.6 Å². The summed E-state index contributed by atoms with van der Waals surface area (Å²) >= 11 is 0. The van der Waals surface area contributed by atoms with Gasteiger partial charge in [0, 0.05) is 47.1 Å². The average Bonchev–Trinajstić information content (AvgIpc) is 3.24. The molecule has 6 aliphatic rings. The van der Waals surface area contributed by atoms with E-state index in [0.29, 0.717) is 24.1 Å². The summed E-state index contributed by atoms with van der Waals surface area (Å²) in [5.41, 5.74) is 5.20. The van der Waals surface area contributed by atoms with Crippen molar-refractivity contribution in [1.29, 1.82) is 0 Å². The van der Waals surface area contributed by atoms with Crippen molar-refractivity contribution in [3.8, 4) is 0 Å². The molecule has 1 atom stereocenters. The zero-order chi connectivity index (χ0) is 27.7. The van der Waals surface area contributed by atoms with Gasteiger partial charge in [-0.2, -0.15) is 0 Å². The topological polar surface area (TPSA) is 90.5 Å². The third-order valence-corrected chi connectivity index (χ3v) is 10.5. The molecule has 5 fully saturated rings. The minimum absolute atomic E-state index is 0.185. The molecule has 2 heterocycles. The average molecular weight is 549 g/mol. The van der Waals surface area contributed by atoms with Crippen molar-refractivity contribution < 1.29 is 14.4 Å². The lowest BCUT2D eigenvalue weighted by Crippen LogP contribution is -2.58. The second-order valence-corrected chi connectivity index (χ2v) is 13.2. The Morgan fingerprint density at radius 2 is 1.51 bits per heavy atom. The first-order valence-corrected chi connectivity index (χ1v) is 15.2. The van der Waals surface area contributed by atoms with Crippen LogP contribution in [0.3, 0.4) is 0 Å². The molecule has 3 aromatic carbocycles. The van der Waals surface area contributed by atoms with Gasteiger partial charge in [-0.15, -0.1) is 0 Å². The summed E-state index contributed by atoms with van der Waals surface area (Å²) in [5, 5.41) is 11.8. The van der Waals surface area contributed by atoms with Gasteiger partial charge in [0.15, 0.2) is 0 Å². The lowest BCUT2D eigenvalue weighted by molar-refractivity contribution is -0.134. The number of anilines is 2. The smallest absolute Gasteiger partial charge is 0.259 e. The number of carbonyl (C=O) groups excluding carboxylic acids is 3. The lowest BCUT2D eigenvalue weighted by atomic mass is 9.53. The van der Waals surface area contributed by atoms with Crippen molar-refractivity contribution in [2.24, 2.45) is 17.8 Å². The highest BCUT2D eigenvalue weighted by molar-refractivity contribution is 6.28.